The van der Waals surface area contributed by atoms with E-state index in [9.17, 15) is 0 Å². The van der Waals surface area contributed by atoms with Gasteiger partial charge in [-0.25, -0.2) is 14.6 Å². The van der Waals surface area contributed by atoms with Gasteiger partial charge in [0.2, 0.25) is 5.95 Å². The van der Waals surface area contributed by atoms with Crippen LogP contribution in [0.2, 0.25) is 0 Å². The zero-order chi connectivity index (χ0) is 37.5. The van der Waals surface area contributed by atoms with Gasteiger partial charge in [-0.05, 0) is 82.6 Å². The van der Waals surface area contributed by atoms with E-state index in [1.807, 2.05) is 35.1 Å². The second-order valence-corrected chi connectivity index (χ2v) is 14.5. The third-order valence-electron chi connectivity index (χ3n) is 11.3. The van der Waals surface area contributed by atoms with Gasteiger partial charge in [0.15, 0.2) is 0 Å². The zero-order valence-corrected chi connectivity index (χ0v) is 30.7. The van der Waals surface area contributed by atoms with Gasteiger partial charge >= 0.3 is 0 Å². The Bertz CT molecular complexity index is 3510. The molecule has 57 heavy (non-hydrogen) atoms. The summed E-state index contributed by atoms with van der Waals surface area (Å²) in [6, 6.07) is 66.6. The molecule has 4 aromatic heterocycles. The summed E-state index contributed by atoms with van der Waals surface area (Å²) in [5.74, 6) is 0.604. The molecule has 0 unspecified atom stereocenters. The molecule has 0 atom stereocenters. The van der Waals surface area contributed by atoms with E-state index in [2.05, 4.69) is 173 Å². The van der Waals surface area contributed by atoms with E-state index in [0.29, 0.717) is 5.95 Å². The van der Waals surface area contributed by atoms with E-state index < -0.39 is 0 Å². The maximum absolute atomic E-state index is 5.41. The highest BCUT2D eigenvalue weighted by Crippen LogP contribution is 2.41. The summed E-state index contributed by atoms with van der Waals surface area (Å²) in [6.45, 7) is 0. The maximum Gasteiger partial charge on any atom is 0.235 e. The van der Waals surface area contributed by atoms with E-state index >= 15 is 0 Å². The van der Waals surface area contributed by atoms with Crippen LogP contribution < -0.4 is 0 Å². The molecule has 8 aromatic carbocycles. The minimum atomic E-state index is 0.604. The van der Waals surface area contributed by atoms with Crippen molar-refractivity contribution >= 4 is 65.4 Å². The Morgan fingerprint density at radius 2 is 0.982 bits per heavy atom. The van der Waals surface area contributed by atoms with Gasteiger partial charge in [-0.3, -0.25) is 4.57 Å². The molecule has 4 heterocycles. The van der Waals surface area contributed by atoms with Gasteiger partial charge in [0.1, 0.15) is 16.7 Å². The van der Waals surface area contributed by atoms with Crippen molar-refractivity contribution in [3.63, 3.8) is 0 Å². The van der Waals surface area contributed by atoms with Gasteiger partial charge in [0, 0.05) is 32.8 Å². The summed E-state index contributed by atoms with van der Waals surface area (Å²) in [6.07, 6.45) is 1.85. The minimum absolute atomic E-state index is 0.604. The molecule has 0 radical (unpaired) electrons. The van der Waals surface area contributed by atoms with Gasteiger partial charge in [0.05, 0.1) is 34.0 Å². The van der Waals surface area contributed by atoms with Gasteiger partial charge in [0.25, 0.3) is 0 Å². The molecule has 0 saturated heterocycles. The average Bonchev–Trinajstić information content (AvgIpc) is 3.97. The molecule has 0 N–H and O–H groups in total. The van der Waals surface area contributed by atoms with Crippen molar-refractivity contribution in [2.24, 2.45) is 0 Å². The number of hydrogen-bond donors (Lipinski definition) is 0. The standard InChI is InChI=1S/C51H32N6/c1-4-15-34(16-5-1)49-50-43(32-52-57(50)38-19-8-3-9-20-38)53-51(54-49)56-46-28-26-36(31-42(46)48-39-21-11-10-14-33(39)24-29-47(48)56)35-25-27-45-41(30-35)40-22-12-13-23-44(40)55(45)37-17-6-2-7-18-37/h1-32H. The lowest BCUT2D eigenvalue weighted by Crippen LogP contribution is -2.05. The Hall–Kier alpha value is -7.83. The summed E-state index contributed by atoms with van der Waals surface area (Å²) in [4.78, 5) is 10.7. The molecule has 0 aliphatic rings. The number of fused-ring (bicyclic) bond motifs is 9. The first kappa shape index (κ1) is 31.5. The molecule has 0 amide bonds. The third kappa shape index (κ3) is 4.81. The quantitative estimate of drug-likeness (QED) is 0.177. The van der Waals surface area contributed by atoms with Gasteiger partial charge in [-0.15, -0.1) is 0 Å². The van der Waals surface area contributed by atoms with Crippen molar-refractivity contribution in [1.82, 2.24) is 28.9 Å². The number of nitrogens with zero attached hydrogens (tertiary/aromatic N) is 6. The first-order valence-electron chi connectivity index (χ1n) is 19.2. The molecule has 266 valence electrons. The molecular weight excluding hydrogens is 697 g/mol. The maximum atomic E-state index is 5.41. The molecule has 0 aliphatic heterocycles. The number of hydrogen-bond acceptors (Lipinski definition) is 3. The fraction of sp³-hybridized carbons (Fsp3) is 0. The summed E-state index contributed by atoms with van der Waals surface area (Å²) in [7, 11) is 0. The highest BCUT2D eigenvalue weighted by Gasteiger charge is 2.22. The topological polar surface area (TPSA) is 53.5 Å². The van der Waals surface area contributed by atoms with Crippen LogP contribution in [0.3, 0.4) is 0 Å². The molecule has 12 rings (SSSR count). The molecule has 6 heteroatoms. The molecule has 0 aliphatic carbocycles. The summed E-state index contributed by atoms with van der Waals surface area (Å²) in [5, 5.41) is 12.0. The highest BCUT2D eigenvalue weighted by molar-refractivity contribution is 6.22. The highest BCUT2D eigenvalue weighted by atomic mass is 15.3. The van der Waals surface area contributed by atoms with Crippen LogP contribution >= 0.6 is 0 Å². The zero-order valence-electron chi connectivity index (χ0n) is 30.7. The summed E-state index contributed by atoms with van der Waals surface area (Å²) >= 11 is 0. The van der Waals surface area contributed by atoms with E-state index in [-0.39, 0.29) is 0 Å². The van der Waals surface area contributed by atoms with Crippen molar-refractivity contribution < 1.29 is 0 Å². The Labute approximate surface area is 327 Å². The van der Waals surface area contributed by atoms with Crippen molar-refractivity contribution in [2.45, 2.75) is 0 Å². The van der Waals surface area contributed by atoms with E-state index in [1.165, 1.54) is 43.5 Å². The molecule has 0 fully saturated rings. The van der Waals surface area contributed by atoms with E-state index in [0.717, 1.165) is 55.6 Å². The van der Waals surface area contributed by atoms with E-state index in [4.69, 9.17) is 15.1 Å². The Balaban J connectivity index is 1.11. The summed E-state index contributed by atoms with van der Waals surface area (Å²) in [5.41, 5.74) is 12.4. The molecule has 6 nitrogen and oxygen atoms in total. The van der Waals surface area contributed by atoms with Crippen LogP contribution in [0, 0.1) is 0 Å². The normalized spacial score (nSPS) is 11.9. The third-order valence-corrected chi connectivity index (χ3v) is 11.3. The SMILES string of the molecule is c1ccc(-c2nc(-n3c4ccc(-c5ccc6c(c5)c5ccccc5n6-c5ccccc5)cc4c4c5ccccc5ccc43)nc3cnn(-c4ccccc4)c23)cc1. The van der Waals surface area contributed by atoms with Gasteiger partial charge in [-0.2, -0.15) is 5.10 Å². The fourth-order valence-electron chi connectivity index (χ4n) is 8.78. The van der Waals surface area contributed by atoms with E-state index in [1.54, 1.807) is 0 Å². The van der Waals surface area contributed by atoms with Crippen LogP contribution in [0.5, 0.6) is 0 Å². The van der Waals surface area contributed by atoms with Crippen molar-refractivity contribution in [3.8, 4) is 39.7 Å². The van der Waals surface area contributed by atoms with Crippen molar-refractivity contribution in [1.29, 1.82) is 0 Å². The van der Waals surface area contributed by atoms with Crippen LogP contribution in [0.15, 0.2) is 194 Å². The predicted molar refractivity (Wildman–Crippen MR) is 234 cm³/mol. The van der Waals surface area contributed by atoms with Crippen LogP contribution in [0.4, 0.5) is 0 Å². The Morgan fingerprint density at radius 1 is 0.386 bits per heavy atom. The van der Waals surface area contributed by atoms with Crippen molar-refractivity contribution in [2.75, 3.05) is 0 Å². The Morgan fingerprint density at radius 3 is 1.75 bits per heavy atom. The van der Waals surface area contributed by atoms with Gasteiger partial charge < -0.3 is 4.57 Å². The molecule has 0 bridgehead atoms. The number of para-hydroxylation sites is 3. The molecular formula is C51H32N6. The lowest BCUT2D eigenvalue weighted by Gasteiger charge is -2.12. The van der Waals surface area contributed by atoms with Crippen LogP contribution in [0.25, 0.3) is 105 Å². The van der Waals surface area contributed by atoms with Crippen molar-refractivity contribution in [3.05, 3.63) is 194 Å². The lowest BCUT2D eigenvalue weighted by molar-refractivity contribution is 0.908. The predicted octanol–water partition coefficient (Wildman–Crippen LogP) is 12.5. The lowest BCUT2D eigenvalue weighted by atomic mass is 9.99. The second-order valence-electron chi connectivity index (χ2n) is 14.5. The second kappa shape index (κ2) is 12.3. The van der Waals surface area contributed by atoms with Crippen LogP contribution in [0.1, 0.15) is 0 Å². The largest absolute Gasteiger partial charge is 0.309 e. The minimum Gasteiger partial charge on any atom is -0.309 e. The smallest absolute Gasteiger partial charge is 0.235 e. The van der Waals surface area contributed by atoms with Gasteiger partial charge in [-0.1, -0.05) is 127 Å². The monoisotopic (exact) mass is 728 g/mol. The van der Waals surface area contributed by atoms with Crippen LogP contribution in [-0.4, -0.2) is 28.9 Å². The number of benzene rings is 8. The molecule has 12 aromatic rings. The average molecular weight is 729 g/mol. The summed E-state index contributed by atoms with van der Waals surface area (Å²) < 4.78 is 6.53. The number of rotatable bonds is 5. The molecule has 0 spiro atoms. The molecule has 0 saturated carbocycles. The first-order chi connectivity index (χ1) is 28.3. The van der Waals surface area contributed by atoms with Crippen LogP contribution in [-0.2, 0) is 0 Å². The number of aromatic nitrogens is 6. The first-order valence-corrected chi connectivity index (χ1v) is 19.2. The fourth-order valence-corrected chi connectivity index (χ4v) is 8.78. The Kier molecular flexibility index (Phi) is 6.83.